The lowest BCUT2D eigenvalue weighted by molar-refractivity contribution is -0.123. The highest BCUT2D eigenvalue weighted by atomic mass is 16.5. The zero-order valence-electron chi connectivity index (χ0n) is 13.5. The number of aryl methyl sites for hydroxylation is 2. The van der Waals surface area contributed by atoms with Gasteiger partial charge in [-0.3, -0.25) is 9.59 Å². The molecule has 23 heavy (non-hydrogen) atoms. The number of ether oxygens (including phenoxy) is 1. The molecule has 0 radical (unpaired) electrons. The molecule has 0 aliphatic carbocycles. The Bertz CT molecular complexity index is 706. The van der Waals surface area contributed by atoms with Crippen molar-refractivity contribution in [1.29, 1.82) is 0 Å². The van der Waals surface area contributed by atoms with Crippen molar-refractivity contribution >= 4 is 23.2 Å². The predicted octanol–water partition coefficient (Wildman–Crippen LogP) is 3.28. The Balaban J connectivity index is 1.92. The normalized spacial score (nSPS) is 10.0. The van der Waals surface area contributed by atoms with Crippen LogP contribution in [-0.2, 0) is 9.59 Å². The van der Waals surface area contributed by atoms with Crippen LogP contribution in [0.2, 0.25) is 0 Å². The largest absolute Gasteiger partial charge is 0.497 e. The van der Waals surface area contributed by atoms with Crippen molar-refractivity contribution in [2.24, 2.45) is 0 Å². The molecule has 2 N–H and O–H groups in total. The van der Waals surface area contributed by atoms with Crippen LogP contribution in [0.5, 0.6) is 5.75 Å². The van der Waals surface area contributed by atoms with E-state index < -0.39 is 0 Å². The van der Waals surface area contributed by atoms with Crippen LogP contribution in [0.1, 0.15) is 17.5 Å². The van der Waals surface area contributed by atoms with Crippen molar-refractivity contribution < 1.29 is 14.3 Å². The number of benzene rings is 2. The third kappa shape index (κ3) is 5.14. The van der Waals surface area contributed by atoms with Crippen LogP contribution in [0.25, 0.3) is 0 Å². The predicted molar refractivity (Wildman–Crippen MR) is 90.8 cm³/mol. The highest BCUT2D eigenvalue weighted by molar-refractivity contribution is 6.08. The van der Waals surface area contributed by atoms with Gasteiger partial charge in [0.15, 0.2) is 0 Å². The Labute approximate surface area is 135 Å². The lowest BCUT2D eigenvalue weighted by Crippen LogP contribution is -2.21. The molecule has 0 atom stereocenters. The van der Waals surface area contributed by atoms with E-state index in [0.717, 1.165) is 11.1 Å². The van der Waals surface area contributed by atoms with Gasteiger partial charge in [-0.15, -0.1) is 0 Å². The second-order valence-electron chi connectivity index (χ2n) is 5.38. The van der Waals surface area contributed by atoms with Gasteiger partial charge in [-0.1, -0.05) is 12.1 Å². The molecule has 0 aliphatic rings. The van der Waals surface area contributed by atoms with Gasteiger partial charge in [0.05, 0.1) is 7.11 Å². The van der Waals surface area contributed by atoms with Gasteiger partial charge in [0.2, 0.25) is 11.8 Å². The Morgan fingerprint density at radius 2 is 1.52 bits per heavy atom. The summed E-state index contributed by atoms with van der Waals surface area (Å²) in [7, 11) is 1.55. The lowest BCUT2D eigenvalue weighted by Gasteiger charge is -2.09. The number of rotatable bonds is 5. The number of amides is 2. The molecule has 0 saturated carbocycles. The topological polar surface area (TPSA) is 67.4 Å². The molecule has 0 fully saturated rings. The molecule has 0 aliphatic heterocycles. The SMILES string of the molecule is COc1cccc(NC(=O)CC(=O)Nc2cc(C)cc(C)c2)c1. The van der Waals surface area contributed by atoms with E-state index in [1.807, 2.05) is 32.0 Å². The van der Waals surface area contributed by atoms with Crippen molar-refractivity contribution in [2.75, 3.05) is 17.7 Å². The highest BCUT2D eigenvalue weighted by Crippen LogP contribution is 2.17. The van der Waals surface area contributed by atoms with Crippen LogP contribution < -0.4 is 15.4 Å². The summed E-state index contributed by atoms with van der Waals surface area (Å²) in [5.41, 5.74) is 3.40. The first-order valence-electron chi connectivity index (χ1n) is 7.28. The van der Waals surface area contributed by atoms with Crippen LogP contribution in [0.15, 0.2) is 42.5 Å². The summed E-state index contributed by atoms with van der Waals surface area (Å²) in [6.07, 6.45) is -0.246. The Hall–Kier alpha value is -2.82. The standard InChI is InChI=1S/C18H20N2O3/c1-12-7-13(2)9-15(8-12)20-18(22)11-17(21)19-14-5-4-6-16(10-14)23-3/h4-10H,11H2,1-3H3,(H,19,21)(H,20,22). The van der Waals surface area contributed by atoms with Crippen LogP contribution in [0, 0.1) is 13.8 Å². The van der Waals surface area contributed by atoms with E-state index in [0.29, 0.717) is 17.1 Å². The number of carbonyl (C=O) groups excluding carboxylic acids is 2. The molecular formula is C18H20N2O3. The van der Waals surface area contributed by atoms with Crippen LogP contribution in [-0.4, -0.2) is 18.9 Å². The third-order valence-corrected chi connectivity index (χ3v) is 3.18. The second kappa shape index (κ2) is 7.45. The summed E-state index contributed by atoms with van der Waals surface area (Å²) in [5.74, 6) is -0.0852. The molecule has 120 valence electrons. The fourth-order valence-electron chi connectivity index (χ4n) is 2.30. The first-order chi connectivity index (χ1) is 11.0. The monoisotopic (exact) mass is 312 g/mol. The lowest BCUT2D eigenvalue weighted by atomic mass is 10.1. The van der Waals surface area contributed by atoms with E-state index in [-0.39, 0.29) is 18.2 Å². The molecule has 0 bridgehead atoms. The fourth-order valence-corrected chi connectivity index (χ4v) is 2.30. The molecule has 5 nitrogen and oxygen atoms in total. The van der Waals surface area contributed by atoms with Crippen LogP contribution in [0.4, 0.5) is 11.4 Å². The molecule has 0 saturated heterocycles. The van der Waals surface area contributed by atoms with Crippen LogP contribution >= 0.6 is 0 Å². The molecule has 2 aromatic rings. The van der Waals surface area contributed by atoms with Gasteiger partial charge in [-0.05, 0) is 49.2 Å². The minimum atomic E-state index is -0.375. The molecule has 5 heteroatoms. The van der Waals surface area contributed by atoms with Gasteiger partial charge >= 0.3 is 0 Å². The van der Waals surface area contributed by atoms with Gasteiger partial charge < -0.3 is 15.4 Å². The fraction of sp³-hybridized carbons (Fsp3) is 0.222. The van der Waals surface area contributed by atoms with Gasteiger partial charge in [0.1, 0.15) is 12.2 Å². The molecular weight excluding hydrogens is 292 g/mol. The van der Waals surface area contributed by atoms with Gasteiger partial charge in [0, 0.05) is 17.4 Å². The second-order valence-corrected chi connectivity index (χ2v) is 5.38. The molecule has 2 aromatic carbocycles. The number of carbonyl (C=O) groups is 2. The Kier molecular flexibility index (Phi) is 5.36. The smallest absolute Gasteiger partial charge is 0.233 e. The summed E-state index contributed by atoms with van der Waals surface area (Å²) in [6, 6.07) is 12.7. The minimum absolute atomic E-state index is 0.246. The zero-order chi connectivity index (χ0) is 16.8. The summed E-state index contributed by atoms with van der Waals surface area (Å²) >= 11 is 0. The van der Waals surface area contributed by atoms with Crippen molar-refractivity contribution in [3.63, 3.8) is 0 Å². The molecule has 0 spiro atoms. The number of anilines is 2. The molecule has 2 rings (SSSR count). The maximum atomic E-state index is 12.0. The molecule has 0 aromatic heterocycles. The summed E-state index contributed by atoms with van der Waals surface area (Å²) in [5, 5.41) is 5.41. The summed E-state index contributed by atoms with van der Waals surface area (Å²) in [6.45, 7) is 3.91. The van der Waals surface area contributed by atoms with Crippen molar-refractivity contribution in [1.82, 2.24) is 0 Å². The highest BCUT2D eigenvalue weighted by Gasteiger charge is 2.10. The number of methoxy groups -OCH3 is 1. The quantitative estimate of drug-likeness (QED) is 0.833. The third-order valence-electron chi connectivity index (χ3n) is 3.18. The summed E-state index contributed by atoms with van der Waals surface area (Å²) in [4.78, 5) is 23.9. The van der Waals surface area contributed by atoms with Crippen molar-refractivity contribution in [2.45, 2.75) is 20.3 Å². The number of nitrogens with one attached hydrogen (secondary N) is 2. The Morgan fingerprint density at radius 1 is 0.913 bits per heavy atom. The van der Waals surface area contributed by atoms with E-state index in [1.54, 1.807) is 31.4 Å². The van der Waals surface area contributed by atoms with Gasteiger partial charge in [0.25, 0.3) is 0 Å². The maximum absolute atomic E-state index is 12.0. The first-order valence-corrected chi connectivity index (χ1v) is 7.28. The average Bonchev–Trinajstić information content (AvgIpc) is 2.45. The van der Waals surface area contributed by atoms with E-state index in [4.69, 9.17) is 4.74 Å². The minimum Gasteiger partial charge on any atom is -0.497 e. The van der Waals surface area contributed by atoms with Gasteiger partial charge in [-0.2, -0.15) is 0 Å². The molecule has 0 unspecified atom stereocenters. The van der Waals surface area contributed by atoms with Crippen LogP contribution in [0.3, 0.4) is 0 Å². The number of hydrogen-bond donors (Lipinski definition) is 2. The summed E-state index contributed by atoms with van der Waals surface area (Å²) < 4.78 is 5.09. The zero-order valence-corrected chi connectivity index (χ0v) is 13.5. The average molecular weight is 312 g/mol. The maximum Gasteiger partial charge on any atom is 0.233 e. The Morgan fingerprint density at radius 3 is 2.13 bits per heavy atom. The van der Waals surface area contributed by atoms with E-state index in [1.165, 1.54) is 0 Å². The van der Waals surface area contributed by atoms with Crippen molar-refractivity contribution in [3.05, 3.63) is 53.6 Å². The van der Waals surface area contributed by atoms with E-state index in [9.17, 15) is 9.59 Å². The van der Waals surface area contributed by atoms with Gasteiger partial charge in [-0.25, -0.2) is 0 Å². The van der Waals surface area contributed by atoms with E-state index in [2.05, 4.69) is 10.6 Å². The van der Waals surface area contributed by atoms with Crippen molar-refractivity contribution in [3.8, 4) is 5.75 Å². The molecule has 2 amide bonds. The van der Waals surface area contributed by atoms with E-state index >= 15 is 0 Å². The first kappa shape index (κ1) is 16.5. The number of hydrogen-bond acceptors (Lipinski definition) is 3. The molecule has 0 heterocycles.